The van der Waals surface area contributed by atoms with E-state index in [1.165, 1.54) is 6.42 Å². The summed E-state index contributed by atoms with van der Waals surface area (Å²) in [7, 11) is 0. The highest BCUT2D eigenvalue weighted by Gasteiger charge is 2.67. The van der Waals surface area contributed by atoms with Crippen LogP contribution in [0, 0.1) is 35.5 Å². The van der Waals surface area contributed by atoms with Crippen LogP contribution < -0.4 is 4.74 Å². The summed E-state index contributed by atoms with van der Waals surface area (Å²) in [6.45, 7) is 2.47. The molecule has 128 valence electrons. The van der Waals surface area contributed by atoms with Gasteiger partial charge in [-0.1, -0.05) is 24.3 Å². The van der Waals surface area contributed by atoms with Crippen LogP contribution in [0.2, 0.25) is 0 Å². The first-order chi connectivity index (χ1) is 12.2. The monoisotopic (exact) mass is 336 g/mol. The van der Waals surface area contributed by atoms with Crippen molar-refractivity contribution in [3.63, 3.8) is 0 Å². The second-order valence-corrected chi connectivity index (χ2v) is 7.36. The maximum Gasteiger partial charge on any atom is 0.254 e. The number of benzene rings is 1. The molecular formula is C20H20N2O3. The van der Waals surface area contributed by atoms with Gasteiger partial charge in [-0.15, -0.1) is 0 Å². The molecule has 0 unspecified atom stereocenters. The Morgan fingerprint density at radius 2 is 1.76 bits per heavy atom. The summed E-state index contributed by atoms with van der Waals surface area (Å²) in [5.74, 6) is 1.70. The van der Waals surface area contributed by atoms with Gasteiger partial charge < -0.3 is 4.74 Å². The van der Waals surface area contributed by atoms with Crippen LogP contribution in [0.3, 0.4) is 0 Å². The first-order valence-corrected chi connectivity index (χ1v) is 9.02. The van der Waals surface area contributed by atoms with Crippen LogP contribution in [-0.4, -0.2) is 29.6 Å². The summed E-state index contributed by atoms with van der Waals surface area (Å²) in [5.41, 5.74) is 0.767. The van der Waals surface area contributed by atoms with Crippen LogP contribution in [0.25, 0.3) is 0 Å². The zero-order chi connectivity index (χ0) is 17.1. The van der Waals surface area contributed by atoms with Crippen molar-refractivity contribution in [2.24, 2.45) is 40.6 Å². The second kappa shape index (κ2) is 5.28. The number of hydrogen-bond acceptors (Lipinski definition) is 4. The number of amides is 2. The smallest absolute Gasteiger partial charge is 0.254 e. The van der Waals surface area contributed by atoms with E-state index in [0.29, 0.717) is 24.2 Å². The van der Waals surface area contributed by atoms with Gasteiger partial charge in [-0.3, -0.25) is 9.59 Å². The highest BCUT2D eigenvalue weighted by atomic mass is 16.5. The average molecular weight is 336 g/mol. The van der Waals surface area contributed by atoms with Crippen LogP contribution in [0.15, 0.2) is 41.5 Å². The molecule has 1 aromatic carbocycles. The molecule has 0 N–H and O–H groups in total. The van der Waals surface area contributed by atoms with Crippen molar-refractivity contribution in [2.45, 2.75) is 13.3 Å². The van der Waals surface area contributed by atoms with E-state index in [9.17, 15) is 9.59 Å². The first-order valence-electron chi connectivity index (χ1n) is 9.02. The summed E-state index contributed by atoms with van der Waals surface area (Å²) >= 11 is 0. The molecule has 0 spiro atoms. The number of para-hydroxylation sites is 1. The highest BCUT2D eigenvalue weighted by Crippen LogP contribution is 2.65. The van der Waals surface area contributed by atoms with Gasteiger partial charge in [-0.05, 0) is 49.1 Å². The van der Waals surface area contributed by atoms with Crippen LogP contribution in [0.5, 0.6) is 5.75 Å². The molecule has 5 nitrogen and oxygen atoms in total. The van der Waals surface area contributed by atoms with Gasteiger partial charge in [0.25, 0.3) is 11.8 Å². The summed E-state index contributed by atoms with van der Waals surface area (Å²) in [6, 6.07) is 7.50. The van der Waals surface area contributed by atoms with E-state index in [0.717, 1.165) is 10.6 Å². The molecule has 1 heterocycles. The Hall–Kier alpha value is -2.43. The van der Waals surface area contributed by atoms with Crippen LogP contribution >= 0.6 is 0 Å². The molecule has 0 radical (unpaired) electrons. The fourth-order valence-electron chi connectivity index (χ4n) is 5.05. The Morgan fingerprint density at radius 3 is 2.40 bits per heavy atom. The quantitative estimate of drug-likeness (QED) is 0.482. The Kier molecular flexibility index (Phi) is 3.14. The predicted octanol–water partition coefficient (Wildman–Crippen LogP) is 2.47. The zero-order valence-electron chi connectivity index (χ0n) is 14.0. The minimum Gasteiger partial charge on any atom is -0.493 e. The van der Waals surface area contributed by atoms with Gasteiger partial charge in [0.1, 0.15) is 5.75 Å². The number of nitrogens with zero attached hydrogens (tertiary/aromatic N) is 2. The van der Waals surface area contributed by atoms with Gasteiger partial charge in [-0.25, -0.2) is 0 Å². The molecule has 2 saturated carbocycles. The number of hydrazone groups is 1. The van der Waals surface area contributed by atoms with E-state index in [1.807, 2.05) is 31.2 Å². The molecule has 6 rings (SSSR count). The lowest BCUT2D eigenvalue weighted by atomic mass is 9.63. The number of carbonyl (C=O) groups is 2. The Balaban J connectivity index is 1.43. The van der Waals surface area contributed by atoms with Crippen molar-refractivity contribution in [3.8, 4) is 5.75 Å². The Labute approximate surface area is 146 Å². The Bertz CT molecular complexity index is 779. The molecule has 2 amide bonds. The molecule has 1 aliphatic heterocycles. The van der Waals surface area contributed by atoms with Crippen molar-refractivity contribution in [1.82, 2.24) is 5.01 Å². The van der Waals surface area contributed by atoms with E-state index >= 15 is 0 Å². The van der Waals surface area contributed by atoms with Crippen molar-refractivity contribution in [3.05, 3.63) is 42.0 Å². The first kappa shape index (κ1) is 14.9. The fourth-order valence-corrected chi connectivity index (χ4v) is 5.05. The zero-order valence-corrected chi connectivity index (χ0v) is 14.0. The van der Waals surface area contributed by atoms with E-state index in [4.69, 9.17) is 4.74 Å². The normalized spacial score (nSPS) is 37.6. The summed E-state index contributed by atoms with van der Waals surface area (Å²) in [6.07, 6.45) is 7.07. The number of hydrogen-bond donors (Lipinski definition) is 0. The summed E-state index contributed by atoms with van der Waals surface area (Å²) in [5, 5.41) is 5.37. The van der Waals surface area contributed by atoms with Crippen molar-refractivity contribution < 1.29 is 14.3 Å². The third-order valence-electron chi connectivity index (χ3n) is 6.17. The standard InChI is InChI=1S/C20H20N2O3/c1-2-25-16-6-4-3-5-11(16)10-21-22-19(23)17-12-7-8-13(15-9-14(12)15)18(17)20(22)24/h3-8,10,12-15,17-18H,2,9H2,1H3/b21-10-/t12-,13-,14-,15+,17-,18+/m0/s1. The van der Waals surface area contributed by atoms with Crippen molar-refractivity contribution in [2.75, 3.05) is 6.61 Å². The minimum absolute atomic E-state index is 0.134. The minimum atomic E-state index is -0.203. The largest absolute Gasteiger partial charge is 0.493 e. The average Bonchev–Trinajstić information content (AvgIpc) is 3.40. The molecule has 2 bridgehead atoms. The van der Waals surface area contributed by atoms with Crippen molar-refractivity contribution in [1.29, 1.82) is 0 Å². The van der Waals surface area contributed by atoms with E-state index < -0.39 is 0 Å². The van der Waals surface area contributed by atoms with Gasteiger partial charge in [-0.2, -0.15) is 10.1 Å². The third-order valence-corrected chi connectivity index (χ3v) is 6.17. The maximum atomic E-state index is 12.9. The van der Waals surface area contributed by atoms with Crippen LogP contribution in [0.4, 0.5) is 0 Å². The lowest BCUT2D eigenvalue weighted by molar-refractivity contribution is -0.140. The molecule has 5 aliphatic rings. The summed E-state index contributed by atoms with van der Waals surface area (Å²) < 4.78 is 5.57. The maximum absolute atomic E-state index is 12.9. The number of ether oxygens (including phenoxy) is 1. The van der Waals surface area contributed by atoms with Gasteiger partial charge in [0.15, 0.2) is 0 Å². The molecule has 3 fully saturated rings. The molecule has 4 aliphatic carbocycles. The molecule has 5 heteroatoms. The molecule has 1 aromatic rings. The Morgan fingerprint density at radius 1 is 1.12 bits per heavy atom. The molecule has 0 aromatic heterocycles. The molecule has 25 heavy (non-hydrogen) atoms. The SMILES string of the molecule is CCOc1ccccc1/C=N\N1C(=O)[C@@H]2[C@H]3C=C[C@@H]([C@@H]4C[C@H]34)[C@@H]2C1=O. The lowest BCUT2D eigenvalue weighted by Gasteiger charge is -2.37. The van der Waals surface area contributed by atoms with Crippen LogP contribution in [-0.2, 0) is 9.59 Å². The highest BCUT2D eigenvalue weighted by molar-refractivity contribution is 6.06. The van der Waals surface area contributed by atoms with E-state index in [2.05, 4.69) is 17.3 Å². The van der Waals surface area contributed by atoms with Crippen LogP contribution in [0.1, 0.15) is 18.9 Å². The van der Waals surface area contributed by atoms with Gasteiger partial charge >= 0.3 is 0 Å². The fraction of sp³-hybridized carbons (Fsp3) is 0.450. The summed E-state index contributed by atoms with van der Waals surface area (Å²) in [4.78, 5) is 25.7. The second-order valence-electron chi connectivity index (χ2n) is 7.36. The molecular weight excluding hydrogens is 316 g/mol. The van der Waals surface area contributed by atoms with E-state index in [1.54, 1.807) is 6.21 Å². The predicted molar refractivity (Wildman–Crippen MR) is 91.8 cm³/mol. The molecule has 6 atom stereocenters. The lowest BCUT2D eigenvalue weighted by Crippen LogP contribution is -2.40. The number of imide groups is 1. The number of rotatable bonds is 4. The van der Waals surface area contributed by atoms with Gasteiger partial charge in [0.05, 0.1) is 24.7 Å². The van der Waals surface area contributed by atoms with Gasteiger partial charge in [0.2, 0.25) is 0 Å². The third kappa shape index (κ3) is 2.04. The topological polar surface area (TPSA) is 59.0 Å². The number of carbonyl (C=O) groups excluding carboxylic acids is 2. The molecule has 1 saturated heterocycles. The van der Waals surface area contributed by atoms with E-state index in [-0.39, 0.29) is 35.5 Å². The number of allylic oxidation sites excluding steroid dienone is 2. The van der Waals surface area contributed by atoms with Crippen molar-refractivity contribution >= 4 is 18.0 Å². The van der Waals surface area contributed by atoms with Gasteiger partial charge in [0, 0.05) is 5.56 Å².